The second-order valence-electron chi connectivity index (χ2n) is 5.57. The Labute approximate surface area is 114 Å². The van der Waals surface area contributed by atoms with E-state index in [4.69, 9.17) is 10.5 Å². The summed E-state index contributed by atoms with van der Waals surface area (Å²) in [7, 11) is 0. The quantitative estimate of drug-likeness (QED) is 0.830. The van der Waals surface area contributed by atoms with Crippen molar-refractivity contribution in [2.45, 2.75) is 39.3 Å². The molecule has 0 saturated heterocycles. The lowest BCUT2D eigenvalue weighted by atomic mass is 10.2. The number of amides is 1. The third kappa shape index (κ3) is 4.16. The van der Waals surface area contributed by atoms with Crippen molar-refractivity contribution in [1.29, 1.82) is 0 Å². The van der Waals surface area contributed by atoms with E-state index >= 15 is 0 Å². The van der Waals surface area contributed by atoms with E-state index in [1.54, 1.807) is 0 Å². The number of carbonyl (C=O) groups excluding carboxylic acids is 1. The molecular weight excluding hydrogens is 240 g/mol. The number of hydrogen-bond acceptors (Lipinski definition) is 3. The number of hydrogen-bond donors (Lipinski definition) is 1. The summed E-state index contributed by atoms with van der Waals surface area (Å²) >= 11 is 0. The van der Waals surface area contributed by atoms with E-state index in [9.17, 15) is 4.79 Å². The fourth-order valence-corrected chi connectivity index (χ4v) is 1.87. The first-order chi connectivity index (χ1) is 9.06. The molecule has 1 aliphatic carbocycles. The summed E-state index contributed by atoms with van der Waals surface area (Å²) in [6.45, 7) is 5.15. The van der Waals surface area contributed by atoms with Gasteiger partial charge >= 0.3 is 6.09 Å². The second kappa shape index (κ2) is 5.95. The summed E-state index contributed by atoms with van der Waals surface area (Å²) in [6, 6.07) is 7.98. The number of anilines is 1. The van der Waals surface area contributed by atoms with Gasteiger partial charge < -0.3 is 15.4 Å². The van der Waals surface area contributed by atoms with Gasteiger partial charge in [-0.05, 0) is 36.5 Å². The maximum atomic E-state index is 12.1. The van der Waals surface area contributed by atoms with Crippen LogP contribution in [0, 0.1) is 5.92 Å². The first kappa shape index (κ1) is 13.7. The number of rotatable bonds is 5. The molecule has 4 nitrogen and oxygen atoms in total. The predicted molar refractivity (Wildman–Crippen MR) is 75.6 cm³/mol. The van der Waals surface area contributed by atoms with Crippen LogP contribution in [-0.2, 0) is 11.3 Å². The number of nitrogen functional groups attached to an aromatic ring is 1. The van der Waals surface area contributed by atoms with Crippen LogP contribution in [0.4, 0.5) is 10.5 Å². The zero-order valence-corrected chi connectivity index (χ0v) is 11.6. The van der Waals surface area contributed by atoms with E-state index < -0.39 is 0 Å². The lowest BCUT2D eigenvalue weighted by Gasteiger charge is -2.22. The predicted octanol–water partition coefficient (Wildman–Crippen LogP) is 3.03. The van der Waals surface area contributed by atoms with E-state index in [2.05, 4.69) is 0 Å². The molecule has 0 aliphatic heterocycles. The minimum atomic E-state index is -0.201. The standard InChI is InChI=1S/C15H22N2O2/c1-11(2)10-19-15(18)17(14-7-8-14)9-12-3-5-13(16)6-4-12/h3-6,11,14H,7-10,16H2,1-2H3. The summed E-state index contributed by atoms with van der Waals surface area (Å²) < 4.78 is 5.33. The van der Waals surface area contributed by atoms with Crippen molar-refractivity contribution in [1.82, 2.24) is 4.90 Å². The van der Waals surface area contributed by atoms with Gasteiger partial charge in [-0.2, -0.15) is 0 Å². The van der Waals surface area contributed by atoms with Gasteiger partial charge in [-0.25, -0.2) is 4.79 Å². The normalized spacial score (nSPS) is 14.5. The van der Waals surface area contributed by atoms with E-state index in [1.807, 2.05) is 43.0 Å². The van der Waals surface area contributed by atoms with Crippen molar-refractivity contribution >= 4 is 11.8 Å². The lowest BCUT2D eigenvalue weighted by Crippen LogP contribution is -2.33. The summed E-state index contributed by atoms with van der Waals surface area (Å²) in [4.78, 5) is 13.9. The molecule has 1 amide bonds. The van der Waals surface area contributed by atoms with Crippen LogP contribution in [0.2, 0.25) is 0 Å². The Morgan fingerprint density at radius 1 is 1.37 bits per heavy atom. The maximum Gasteiger partial charge on any atom is 0.410 e. The average Bonchev–Trinajstić information content (AvgIpc) is 3.19. The minimum Gasteiger partial charge on any atom is -0.449 e. The van der Waals surface area contributed by atoms with Crippen molar-refractivity contribution in [2.24, 2.45) is 5.92 Å². The van der Waals surface area contributed by atoms with Crippen LogP contribution in [0.15, 0.2) is 24.3 Å². The molecule has 0 spiro atoms. The Morgan fingerprint density at radius 3 is 2.53 bits per heavy atom. The van der Waals surface area contributed by atoms with Crippen LogP contribution < -0.4 is 5.73 Å². The molecule has 0 atom stereocenters. The van der Waals surface area contributed by atoms with Crippen molar-refractivity contribution < 1.29 is 9.53 Å². The molecule has 0 radical (unpaired) electrons. The summed E-state index contributed by atoms with van der Waals surface area (Å²) in [5.74, 6) is 0.363. The monoisotopic (exact) mass is 262 g/mol. The zero-order valence-electron chi connectivity index (χ0n) is 11.6. The maximum absolute atomic E-state index is 12.1. The Hall–Kier alpha value is -1.71. The van der Waals surface area contributed by atoms with Gasteiger partial charge in [0.2, 0.25) is 0 Å². The number of benzene rings is 1. The third-order valence-electron chi connectivity index (χ3n) is 3.09. The SMILES string of the molecule is CC(C)COC(=O)N(Cc1ccc(N)cc1)C1CC1. The van der Waals surface area contributed by atoms with Crippen LogP contribution in [0.1, 0.15) is 32.3 Å². The average molecular weight is 262 g/mol. The highest BCUT2D eigenvalue weighted by molar-refractivity contribution is 5.68. The molecule has 2 rings (SSSR count). The van der Waals surface area contributed by atoms with Gasteiger partial charge in [-0.1, -0.05) is 26.0 Å². The first-order valence-corrected chi connectivity index (χ1v) is 6.84. The molecule has 104 valence electrons. The summed E-state index contributed by atoms with van der Waals surface area (Å²) in [6.07, 6.45) is 1.95. The Morgan fingerprint density at radius 2 is 2.00 bits per heavy atom. The minimum absolute atomic E-state index is 0.201. The molecule has 0 aromatic heterocycles. The molecule has 1 aromatic rings. The van der Waals surface area contributed by atoms with Crippen molar-refractivity contribution in [2.75, 3.05) is 12.3 Å². The van der Waals surface area contributed by atoms with Crippen molar-refractivity contribution in [3.05, 3.63) is 29.8 Å². The molecule has 2 N–H and O–H groups in total. The van der Waals surface area contributed by atoms with E-state index in [0.717, 1.165) is 24.1 Å². The summed E-state index contributed by atoms with van der Waals surface area (Å²) in [5, 5.41) is 0. The molecular formula is C15H22N2O2. The number of ether oxygens (including phenoxy) is 1. The van der Waals surface area contributed by atoms with Gasteiger partial charge in [-0.3, -0.25) is 0 Å². The molecule has 1 saturated carbocycles. The van der Waals surface area contributed by atoms with Crippen LogP contribution in [0.5, 0.6) is 0 Å². The van der Waals surface area contributed by atoms with E-state index in [1.165, 1.54) is 0 Å². The van der Waals surface area contributed by atoms with Gasteiger partial charge in [0.1, 0.15) is 0 Å². The van der Waals surface area contributed by atoms with Gasteiger partial charge in [0.15, 0.2) is 0 Å². The zero-order chi connectivity index (χ0) is 13.8. The highest BCUT2D eigenvalue weighted by Crippen LogP contribution is 2.29. The Bertz CT molecular complexity index is 424. The smallest absolute Gasteiger partial charge is 0.410 e. The van der Waals surface area contributed by atoms with E-state index in [0.29, 0.717) is 25.1 Å². The van der Waals surface area contributed by atoms with Crippen LogP contribution in [0.25, 0.3) is 0 Å². The molecule has 0 heterocycles. The fourth-order valence-electron chi connectivity index (χ4n) is 1.87. The van der Waals surface area contributed by atoms with E-state index in [-0.39, 0.29) is 6.09 Å². The van der Waals surface area contributed by atoms with Crippen molar-refractivity contribution in [3.8, 4) is 0 Å². The molecule has 0 bridgehead atoms. The molecule has 0 unspecified atom stereocenters. The molecule has 19 heavy (non-hydrogen) atoms. The van der Waals surface area contributed by atoms with Crippen LogP contribution in [-0.4, -0.2) is 23.6 Å². The second-order valence-corrected chi connectivity index (χ2v) is 5.57. The Balaban J connectivity index is 1.96. The molecule has 1 aromatic carbocycles. The number of nitrogens with zero attached hydrogens (tertiary/aromatic N) is 1. The highest BCUT2D eigenvalue weighted by atomic mass is 16.6. The first-order valence-electron chi connectivity index (χ1n) is 6.84. The molecule has 4 heteroatoms. The van der Waals surface area contributed by atoms with Gasteiger partial charge in [-0.15, -0.1) is 0 Å². The van der Waals surface area contributed by atoms with Crippen LogP contribution in [0.3, 0.4) is 0 Å². The number of carbonyl (C=O) groups is 1. The summed E-state index contributed by atoms with van der Waals surface area (Å²) in [5.41, 5.74) is 7.49. The molecule has 1 fully saturated rings. The van der Waals surface area contributed by atoms with Gasteiger partial charge in [0, 0.05) is 18.3 Å². The fraction of sp³-hybridized carbons (Fsp3) is 0.533. The molecule has 1 aliphatic rings. The number of nitrogens with two attached hydrogens (primary N) is 1. The van der Waals surface area contributed by atoms with Crippen molar-refractivity contribution in [3.63, 3.8) is 0 Å². The van der Waals surface area contributed by atoms with Crippen LogP contribution >= 0.6 is 0 Å². The Kier molecular flexibility index (Phi) is 4.30. The lowest BCUT2D eigenvalue weighted by molar-refractivity contribution is 0.0870. The van der Waals surface area contributed by atoms with Gasteiger partial charge in [0.25, 0.3) is 0 Å². The highest BCUT2D eigenvalue weighted by Gasteiger charge is 2.33. The third-order valence-corrected chi connectivity index (χ3v) is 3.09. The topological polar surface area (TPSA) is 55.6 Å². The largest absolute Gasteiger partial charge is 0.449 e. The van der Waals surface area contributed by atoms with Gasteiger partial charge in [0.05, 0.1) is 6.61 Å².